The van der Waals surface area contributed by atoms with E-state index in [1.54, 1.807) is 12.4 Å². The fraction of sp³-hybridized carbons (Fsp3) is 0.583. The molecule has 148 valence electrons. The molecule has 0 amide bonds. The van der Waals surface area contributed by atoms with Crippen LogP contribution in [0.2, 0.25) is 0 Å². The van der Waals surface area contributed by atoms with Gasteiger partial charge in [-0.25, -0.2) is 9.97 Å². The number of unbranched alkanes of at least 4 members (excludes halogenated alkanes) is 8. The zero-order valence-electron chi connectivity index (χ0n) is 17.3. The lowest BCUT2D eigenvalue weighted by atomic mass is 10.0. The fourth-order valence-corrected chi connectivity index (χ4v) is 3.19. The molecule has 3 heteroatoms. The van der Waals surface area contributed by atoms with Crippen LogP contribution in [0.25, 0.3) is 11.4 Å². The smallest absolute Gasteiger partial charge is 0.159 e. The van der Waals surface area contributed by atoms with Crippen LogP contribution in [0, 0.1) is 0 Å². The van der Waals surface area contributed by atoms with E-state index < -0.39 is 0 Å². The normalized spacial score (nSPS) is 10.9. The summed E-state index contributed by atoms with van der Waals surface area (Å²) in [5.41, 5.74) is 2.47. The first kappa shape index (κ1) is 21.4. The standard InChI is InChI=1S/C24H36N2O/c1-3-5-7-9-10-11-13-21-14-16-22(17-15-21)24-25-19-23(20-26-24)27-18-12-8-6-4-2/h14-17,19-20H,3-13,18H2,1-2H3. The molecule has 0 fully saturated rings. The number of rotatable bonds is 14. The minimum Gasteiger partial charge on any atom is -0.490 e. The van der Waals surface area contributed by atoms with Crippen molar-refractivity contribution in [1.82, 2.24) is 9.97 Å². The van der Waals surface area contributed by atoms with E-state index in [9.17, 15) is 0 Å². The summed E-state index contributed by atoms with van der Waals surface area (Å²) in [5, 5.41) is 0. The Bertz CT molecular complexity index is 607. The largest absolute Gasteiger partial charge is 0.490 e. The van der Waals surface area contributed by atoms with E-state index in [0.29, 0.717) is 0 Å². The molecule has 0 spiro atoms. The predicted octanol–water partition coefficient (Wildman–Crippen LogP) is 7.01. The van der Waals surface area contributed by atoms with Gasteiger partial charge < -0.3 is 4.74 Å². The predicted molar refractivity (Wildman–Crippen MR) is 114 cm³/mol. The summed E-state index contributed by atoms with van der Waals surface area (Å²) in [6.07, 6.45) is 17.6. The van der Waals surface area contributed by atoms with Crippen molar-refractivity contribution in [2.75, 3.05) is 6.61 Å². The van der Waals surface area contributed by atoms with E-state index in [1.165, 1.54) is 63.4 Å². The molecule has 0 aliphatic heterocycles. The molecule has 2 aromatic rings. The Morgan fingerprint density at radius 1 is 0.704 bits per heavy atom. The Morgan fingerprint density at radius 2 is 1.30 bits per heavy atom. The highest BCUT2D eigenvalue weighted by atomic mass is 16.5. The minimum atomic E-state index is 0.746. The second-order valence-electron chi connectivity index (χ2n) is 7.37. The zero-order valence-corrected chi connectivity index (χ0v) is 17.3. The third-order valence-corrected chi connectivity index (χ3v) is 4.93. The van der Waals surface area contributed by atoms with Gasteiger partial charge in [-0.3, -0.25) is 0 Å². The molecule has 1 heterocycles. The molecular formula is C24H36N2O. The van der Waals surface area contributed by atoms with Gasteiger partial charge in [-0.15, -0.1) is 0 Å². The molecule has 0 aliphatic carbocycles. The molecule has 0 bridgehead atoms. The Balaban J connectivity index is 1.74. The summed E-state index contributed by atoms with van der Waals surface area (Å²) in [5.74, 6) is 1.52. The van der Waals surface area contributed by atoms with Crippen molar-refractivity contribution in [2.24, 2.45) is 0 Å². The Morgan fingerprint density at radius 3 is 1.96 bits per heavy atom. The monoisotopic (exact) mass is 368 g/mol. The summed E-state index contributed by atoms with van der Waals surface area (Å²) in [6, 6.07) is 8.69. The van der Waals surface area contributed by atoms with Crippen molar-refractivity contribution in [2.45, 2.75) is 84.5 Å². The molecule has 1 aromatic carbocycles. The van der Waals surface area contributed by atoms with Gasteiger partial charge in [0.15, 0.2) is 11.6 Å². The third kappa shape index (κ3) is 8.55. The van der Waals surface area contributed by atoms with Crippen molar-refractivity contribution < 1.29 is 4.74 Å². The summed E-state index contributed by atoms with van der Waals surface area (Å²) in [7, 11) is 0. The van der Waals surface area contributed by atoms with Crippen LogP contribution in [0.1, 0.15) is 83.6 Å². The average molecular weight is 369 g/mol. The number of ether oxygens (including phenoxy) is 1. The summed E-state index contributed by atoms with van der Waals surface area (Å²) in [6.45, 7) is 5.23. The van der Waals surface area contributed by atoms with Crippen LogP contribution in [-0.2, 0) is 6.42 Å². The van der Waals surface area contributed by atoms with E-state index in [2.05, 4.69) is 48.1 Å². The fourth-order valence-electron chi connectivity index (χ4n) is 3.19. The van der Waals surface area contributed by atoms with Crippen molar-refractivity contribution in [3.05, 3.63) is 42.2 Å². The molecule has 27 heavy (non-hydrogen) atoms. The Kier molecular flexibility index (Phi) is 10.5. The molecule has 0 unspecified atom stereocenters. The van der Waals surface area contributed by atoms with Gasteiger partial charge in [-0.2, -0.15) is 0 Å². The average Bonchev–Trinajstić information content (AvgIpc) is 2.71. The van der Waals surface area contributed by atoms with Gasteiger partial charge in [-0.1, -0.05) is 89.5 Å². The van der Waals surface area contributed by atoms with Crippen molar-refractivity contribution >= 4 is 0 Å². The lowest BCUT2D eigenvalue weighted by Crippen LogP contribution is -1.99. The molecule has 3 nitrogen and oxygen atoms in total. The van der Waals surface area contributed by atoms with Crippen molar-refractivity contribution in [3.8, 4) is 17.1 Å². The first-order valence-electron chi connectivity index (χ1n) is 10.9. The molecule has 0 saturated heterocycles. The highest BCUT2D eigenvalue weighted by Gasteiger charge is 2.03. The molecule has 2 rings (SSSR count). The first-order valence-corrected chi connectivity index (χ1v) is 10.9. The number of aryl methyl sites for hydroxylation is 1. The maximum atomic E-state index is 5.72. The second-order valence-corrected chi connectivity index (χ2v) is 7.37. The van der Waals surface area contributed by atoms with E-state index in [4.69, 9.17) is 4.74 Å². The number of benzene rings is 1. The van der Waals surface area contributed by atoms with Gasteiger partial charge in [-0.05, 0) is 24.8 Å². The summed E-state index contributed by atoms with van der Waals surface area (Å²) >= 11 is 0. The number of hydrogen-bond acceptors (Lipinski definition) is 3. The zero-order chi connectivity index (χ0) is 19.2. The van der Waals surface area contributed by atoms with Crippen molar-refractivity contribution in [1.29, 1.82) is 0 Å². The first-order chi connectivity index (χ1) is 13.3. The maximum Gasteiger partial charge on any atom is 0.159 e. The highest BCUT2D eigenvalue weighted by Crippen LogP contribution is 2.19. The van der Waals surface area contributed by atoms with Crippen LogP contribution in [0.4, 0.5) is 0 Å². The third-order valence-electron chi connectivity index (χ3n) is 4.93. The lowest BCUT2D eigenvalue weighted by molar-refractivity contribution is 0.303. The molecule has 0 atom stereocenters. The Labute approximate surface area is 165 Å². The van der Waals surface area contributed by atoms with Crippen LogP contribution >= 0.6 is 0 Å². The second kappa shape index (κ2) is 13.3. The van der Waals surface area contributed by atoms with Gasteiger partial charge in [0.05, 0.1) is 19.0 Å². The minimum absolute atomic E-state index is 0.746. The van der Waals surface area contributed by atoms with Crippen LogP contribution in [0.3, 0.4) is 0 Å². The number of aromatic nitrogens is 2. The quantitative estimate of drug-likeness (QED) is 0.336. The molecule has 1 aromatic heterocycles. The molecular weight excluding hydrogens is 332 g/mol. The van der Waals surface area contributed by atoms with E-state index in [1.807, 2.05) is 0 Å². The Hall–Kier alpha value is -1.90. The summed E-state index contributed by atoms with van der Waals surface area (Å²) < 4.78 is 5.72. The van der Waals surface area contributed by atoms with E-state index in [-0.39, 0.29) is 0 Å². The van der Waals surface area contributed by atoms with Crippen molar-refractivity contribution in [3.63, 3.8) is 0 Å². The topological polar surface area (TPSA) is 35.0 Å². The SMILES string of the molecule is CCCCCCCCc1ccc(-c2ncc(OCCCCCC)cn2)cc1. The van der Waals surface area contributed by atoms with Crippen LogP contribution < -0.4 is 4.74 Å². The van der Waals surface area contributed by atoms with Crippen LogP contribution in [0.15, 0.2) is 36.7 Å². The molecule has 0 radical (unpaired) electrons. The van der Waals surface area contributed by atoms with Crippen LogP contribution in [-0.4, -0.2) is 16.6 Å². The number of hydrogen-bond donors (Lipinski definition) is 0. The van der Waals surface area contributed by atoms with Gasteiger partial charge in [0.1, 0.15) is 0 Å². The van der Waals surface area contributed by atoms with Gasteiger partial charge in [0.25, 0.3) is 0 Å². The molecule has 0 saturated carbocycles. The van der Waals surface area contributed by atoms with Crippen LogP contribution in [0.5, 0.6) is 5.75 Å². The number of nitrogens with zero attached hydrogens (tertiary/aromatic N) is 2. The summed E-state index contributed by atoms with van der Waals surface area (Å²) in [4.78, 5) is 8.92. The molecule has 0 N–H and O–H groups in total. The lowest BCUT2D eigenvalue weighted by Gasteiger charge is -2.07. The molecule has 0 aliphatic rings. The maximum absolute atomic E-state index is 5.72. The van der Waals surface area contributed by atoms with E-state index >= 15 is 0 Å². The van der Waals surface area contributed by atoms with Gasteiger partial charge in [0.2, 0.25) is 0 Å². The highest BCUT2D eigenvalue weighted by molar-refractivity contribution is 5.55. The van der Waals surface area contributed by atoms with Gasteiger partial charge >= 0.3 is 0 Å². The van der Waals surface area contributed by atoms with E-state index in [0.717, 1.165) is 36.6 Å². The van der Waals surface area contributed by atoms with Gasteiger partial charge in [0, 0.05) is 5.56 Å².